The Hall–Kier alpha value is -0.990. The highest BCUT2D eigenvalue weighted by Gasteiger charge is 2.20. The number of hydrogen-bond acceptors (Lipinski definition) is 0. The molecule has 0 aliphatic carbocycles. The highest BCUT2D eigenvalue weighted by atomic mass is 19.2. The van der Waals surface area contributed by atoms with Crippen LogP contribution >= 0.6 is 0 Å². The van der Waals surface area contributed by atoms with Crippen molar-refractivity contribution in [2.45, 2.75) is 18.8 Å². The van der Waals surface area contributed by atoms with Crippen molar-refractivity contribution in [2.75, 3.05) is 6.67 Å². The van der Waals surface area contributed by atoms with Crippen LogP contribution in [0.3, 0.4) is 0 Å². The first-order chi connectivity index (χ1) is 6.24. The van der Waals surface area contributed by atoms with Crippen LogP contribution in [-0.4, -0.2) is 19.0 Å². The van der Waals surface area contributed by atoms with Gasteiger partial charge in [0.15, 0.2) is 6.17 Å². The first-order valence-electron chi connectivity index (χ1n) is 4.12. The van der Waals surface area contributed by atoms with Gasteiger partial charge in [-0.15, -0.1) is 0 Å². The number of benzene rings is 1. The van der Waals surface area contributed by atoms with Crippen LogP contribution in [0.2, 0.25) is 0 Å². The lowest BCUT2D eigenvalue weighted by Crippen LogP contribution is -2.21. The number of alkyl halides is 3. The van der Waals surface area contributed by atoms with Crippen LogP contribution in [0.4, 0.5) is 13.2 Å². The Morgan fingerprint density at radius 3 is 2.15 bits per heavy atom. The van der Waals surface area contributed by atoms with Gasteiger partial charge >= 0.3 is 0 Å². The highest BCUT2D eigenvalue weighted by molar-refractivity contribution is 5.15. The van der Waals surface area contributed by atoms with E-state index in [0.29, 0.717) is 5.56 Å². The molecule has 0 aliphatic heterocycles. The van der Waals surface area contributed by atoms with E-state index in [4.69, 9.17) is 0 Å². The molecule has 0 N–H and O–H groups in total. The van der Waals surface area contributed by atoms with Crippen molar-refractivity contribution in [1.29, 1.82) is 0 Å². The second-order valence-corrected chi connectivity index (χ2v) is 2.88. The Balaban J connectivity index is 2.50. The van der Waals surface area contributed by atoms with Gasteiger partial charge in [-0.05, 0) is 5.56 Å². The molecule has 2 unspecified atom stereocenters. The summed E-state index contributed by atoms with van der Waals surface area (Å²) in [5.74, 6) is 0. The predicted octanol–water partition coefficient (Wildman–Crippen LogP) is 2.87. The van der Waals surface area contributed by atoms with Gasteiger partial charge < -0.3 is 0 Å². The molecular formula is C10H11F3. The van der Waals surface area contributed by atoms with E-state index in [1.165, 1.54) is 0 Å². The molecule has 2 atom stereocenters. The standard InChI is InChI=1S/C10H11F3/c11-7-10(13)9(12)6-8-4-2-1-3-5-8/h1-5,9-10H,6-7H2. The monoisotopic (exact) mass is 188 g/mol. The molecule has 1 aromatic rings. The minimum atomic E-state index is -2.00. The fourth-order valence-electron chi connectivity index (χ4n) is 1.06. The van der Waals surface area contributed by atoms with Gasteiger partial charge in [0.2, 0.25) is 0 Å². The van der Waals surface area contributed by atoms with Gasteiger partial charge in [0, 0.05) is 6.42 Å². The molecule has 0 heterocycles. The van der Waals surface area contributed by atoms with Crippen LogP contribution in [0.1, 0.15) is 5.56 Å². The van der Waals surface area contributed by atoms with Crippen molar-refractivity contribution in [2.24, 2.45) is 0 Å². The molecule has 0 saturated heterocycles. The molecule has 13 heavy (non-hydrogen) atoms. The van der Waals surface area contributed by atoms with Crippen molar-refractivity contribution in [1.82, 2.24) is 0 Å². The molecule has 72 valence electrons. The predicted molar refractivity (Wildman–Crippen MR) is 45.9 cm³/mol. The highest BCUT2D eigenvalue weighted by Crippen LogP contribution is 2.11. The largest absolute Gasteiger partial charge is 0.248 e. The number of hydrogen-bond donors (Lipinski definition) is 0. The van der Waals surface area contributed by atoms with Crippen molar-refractivity contribution in [3.8, 4) is 0 Å². The average Bonchev–Trinajstić information content (AvgIpc) is 2.18. The summed E-state index contributed by atoms with van der Waals surface area (Å²) in [6.07, 6.45) is -3.81. The fourth-order valence-corrected chi connectivity index (χ4v) is 1.06. The van der Waals surface area contributed by atoms with Crippen LogP contribution in [0.25, 0.3) is 0 Å². The lowest BCUT2D eigenvalue weighted by atomic mass is 10.1. The smallest absolute Gasteiger partial charge is 0.160 e. The second kappa shape index (κ2) is 4.90. The molecule has 0 aromatic heterocycles. The van der Waals surface area contributed by atoms with Crippen molar-refractivity contribution < 1.29 is 13.2 Å². The van der Waals surface area contributed by atoms with Gasteiger partial charge in [0.1, 0.15) is 12.8 Å². The molecule has 1 aromatic carbocycles. The molecule has 0 spiro atoms. The van der Waals surface area contributed by atoms with Gasteiger partial charge in [-0.1, -0.05) is 30.3 Å². The summed E-state index contributed by atoms with van der Waals surface area (Å²) in [5.41, 5.74) is 0.686. The summed E-state index contributed by atoms with van der Waals surface area (Å²) >= 11 is 0. The van der Waals surface area contributed by atoms with E-state index in [-0.39, 0.29) is 6.42 Å². The summed E-state index contributed by atoms with van der Waals surface area (Å²) in [6.45, 7) is -1.26. The minimum Gasteiger partial charge on any atom is -0.248 e. The van der Waals surface area contributed by atoms with E-state index in [9.17, 15) is 13.2 Å². The first-order valence-corrected chi connectivity index (χ1v) is 4.12. The molecule has 0 aliphatic rings. The lowest BCUT2D eigenvalue weighted by Gasteiger charge is -2.09. The Morgan fingerprint density at radius 1 is 1.00 bits per heavy atom. The maximum atomic E-state index is 12.9. The van der Waals surface area contributed by atoms with Crippen LogP contribution in [0.15, 0.2) is 30.3 Å². The lowest BCUT2D eigenvalue weighted by molar-refractivity contribution is 0.137. The summed E-state index contributed by atoms with van der Waals surface area (Å²) in [4.78, 5) is 0. The number of halogens is 3. The van der Waals surface area contributed by atoms with Gasteiger partial charge in [-0.25, -0.2) is 13.2 Å². The normalized spacial score (nSPS) is 15.3. The summed E-state index contributed by atoms with van der Waals surface area (Å²) in [7, 11) is 0. The molecule has 0 fully saturated rings. The topological polar surface area (TPSA) is 0 Å². The molecule has 0 radical (unpaired) electrons. The van der Waals surface area contributed by atoms with Gasteiger partial charge in [-0.3, -0.25) is 0 Å². The minimum absolute atomic E-state index is 0.0636. The molecule has 3 heteroatoms. The quantitative estimate of drug-likeness (QED) is 0.681. The zero-order valence-corrected chi connectivity index (χ0v) is 7.09. The third-order valence-corrected chi connectivity index (χ3v) is 1.81. The van der Waals surface area contributed by atoms with Crippen molar-refractivity contribution >= 4 is 0 Å². The van der Waals surface area contributed by atoms with Gasteiger partial charge in [0.25, 0.3) is 0 Å². The SMILES string of the molecule is FCC(F)C(F)Cc1ccccc1. The van der Waals surface area contributed by atoms with Crippen LogP contribution in [-0.2, 0) is 6.42 Å². The Labute approximate surface area is 75.4 Å². The van der Waals surface area contributed by atoms with E-state index < -0.39 is 19.0 Å². The van der Waals surface area contributed by atoms with E-state index in [2.05, 4.69) is 0 Å². The zero-order valence-electron chi connectivity index (χ0n) is 7.09. The maximum Gasteiger partial charge on any atom is 0.160 e. The van der Waals surface area contributed by atoms with Gasteiger partial charge in [0.05, 0.1) is 0 Å². The Morgan fingerprint density at radius 2 is 1.62 bits per heavy atom. The van der Waals surface area contributed by atoms with Crippen LogP contribution in [0, 0.1) is 0 Å². The Bertz CT molecular complexity index is 235. The van der Waals surface area contributed by atoms with Crippen LogP contribution in [0.5, 0.6) is 0 Å². The molecule has 0 nitrogen and oxygen atoms in total. The zero-order chi connectivity index (χ0) is 9.68. The third kappa shape index (κ3) is 3.09. The van der Waals surface area contributed by atoms with E-state index in [1.54, 1.807) is 30.3 Å². The first kappa shape index (κ1) is 10.1. The Kier molecular flexibility index (Phi) is 3.80. The van der Waals surface area contributed by atoms with E-state index >= 15 is 0 Å². The summed E-state index contributed by atoms with van der Waals surface area (Å²) in [5, 5.41) is 0. The molecule has 0 saturated carbocycles. The number of rotatable bonds is 4. The average molecular weight is 188 g/mol. The van der Waals surface area contributed by atoms with Crippen LogP contribution < -0.4 is 0 Å². The molecular weight excluding hydrogens is 177 g/mol. The third-order valence-electron chi connectivity index (χ3n) is 1.81. The second-order valence-electron chi connectivity index (χ2n) is 2.88. The van der Waals surface area contributed by atoms with E-state index in [1.807, 2.05) is 0 Å². The molecule has 0 amide bonds. The maximum absolute atomic E-state index is 12.9. The van der Waals surface area contributed by atoms with Gasteiger partial charge in [-0.2, -0.15) is 0 Å². The molecule has 1 rings (SSSR count). The summed E-state index contributed by atoms with van der Waals surface area (Å²) < 4.78 is 37.1. The van der Waals surface area contributed by atoms with Crippen molar-refractivity contribution in [3.63, 3.8) is 0 Å². The van der Waals surface area contributed by atoms with E-state index in [0.717, 1.165) is 0 Å². The van der Waals surface area contributed by atoms with Crippen molar-refractivity contribution in [3.05, 3.63) is 35.9 Å². The summed E-state index contributed by atoms with van der Waals surface area (Å²) in [6, 6.07) is 8.66. The fraction of sp³-hybridized carbons (Fsp3) is 0.400. The molecule has 0 bridgehead atoms.